The summed E-state index contributed by atoms with van der Waals surface area (Å²) in [5.74, 6) is -1.81. The van der Waals surface area contributed by atoms with Gasteiger partial charge in [0.2, 0.25) is 5.91 Å². The minimum Gasteiger partial charge on any atom is -0.373 e. The number of amides is 1. The number of para-hydroxylation sites is 1. The van der Waals surface area contributed by atoms with Gasteiger partial charge in [0.25, 0.3) is 0 Å². The topological polar surface area (TPSA) is 40.6 Å². The third-order valence-corrected chi connectivity index (χ3v) is 5.22. The minimum absolute atomic E-state index is 0.0585. The molecular weight excluding hydrogens is 417 g/mol. The fourth-order valence-electron chi connectivity index (χ4n) is 3.41. The molecule has 0 saturated carbocycles. The standard InChI is InChI=1S/C25H23F3N2O2/c1-3-29(2)22-15-14-19(25(26,27)28)16-23(22)30(20-12-8-5-9-13-20)24(32)21(17-31)18-10-6-4-7-11-18/h4-17,21H,3H2,1-2H3. The van der Waals surface area contributed by atoms with Crippen LogP contribution >= 0.6 is 0 Å². The molecule has 1 amide bonds. The summed E-state index contributed by atoms with van der Waals surface area (Å²) in [6, 6.07) is 20.1. The second-order valence-electron chi connectivity index (χ2n) is 7.25. The second kappa shape index (κ2) is 9.68. The van der Waals surface area contributed by atoms with Crippen molar-refractivity contribution in [1.82, 2.24) is 0 Å². The van der Waals surface area contributed by atoms with E-state index in [0.717, 1.165) is 12.1 Å². The number of carbonyl (C=O) groups is 2. The first-order chi connectivity index (χ1) is 15.3. The van der Waals surface area contributed by atoms with Crippen molar-refractivity contribution in [3.8, 4) is 0 Å². The molecule has 32 heavy (non-hydrogen) atoms. The van der Waals surface area contributed by atoms with Crippen LogP contribution in [0.5, 0.6) is 0 Å². The third-order valence-electron chi connectivity index (χ3n) is 5.22. The van der Waals surface area contributed by atoms with E-state index in [4.69, 9.17) is 0 Å². The molecule has 0 N–H and O–H groups in total. The molecule has 0 aliphatic heterocycles. The molecule has 0 fully saturated rings. The van der Waals surface area contributed by atoms with Crippen LogP contribution in [0.3, 0.4) is 0 Å². The Bertz CT molecular complexity index is 1070. The van der Waals surface area contributed by atoms with Gasteiger partial charge in [0.15, 0.2) is 0 Å². The Labute approximate surface area is 184 Å². The Kier molecular flexibility index (Phi) is 6.98. The summed E-state index contributed by atoms with van der Waals surface area (Å²) in [5, 5.41) is 0. The Morgan fingerprint density at radius 1 is 0.938 bits per heavy atom. The van der Waals surface area contributed by atoms with Gasteiger partial charge in [-0.15, -0.1) is 0 Å². The highest BCUT2D eigenvalue weighted by atomic mass is 19.4. The van der Waals surface area contributed by atoms with E-state index in [1.807, 2.05) is 6.92 Å². The predicted octanol–water partition coefficient (Wildman–Crippen LogP) is 5.81. The summed E-state index contributed by atoms with van der Waals surface area (Å²) in [4.78, 5) is 28.6. The number of rotatable bonds is 7. The molecule has 4 nitrogen and oxygen atoms in total. The Morgan fingerprint density at radius 2 is 1.53 bits per heavy atom. The molecule has 7 heteroatoms. The van der Waals surface area contributed by atoms with Crippen molar-refractivity contribution in [2.75, 3.05) is 23.4 Å². The van der Waals surface area contributed by atoms with E-state index in [1.165, 1.54) is 11.0 Å². The Balaban J connectivity index is 2.25. The van der Waals surface area contributed by atoms with Crippen LogP contribution in [0.15, 0.2) is 78.9 Å². The lowest BCUT2D eigenvalue weighted by molar-refractivity contribution is -0.137. The van der Waals surface area contributed by atoms with E-state index in [0.29, 0.717) is 29.8 Å². The van der Waals surface area contributed by atoms with Gasteiger partial charge in [0.05, 0.1) is 16.9 Å². The molecule has 0 radical (unpaired) electrons. The number of carbonyl (C=O) groups excluding carboxylic acids is 2. The summed E-state index contributed by atoms with van der Waals surface area (Å²) in [6.45, 7) is 2.36. The number of halogens is 3. The lowest BCUT2D eigenvalue weighted by Gasteiger charge is -2.31. The zero-order valence-corrected chi connectivity index (χ0v) is 17.7. The van der Waals surface area contributed by atoms with E-state index < -0.39 is 23.6 Å². The van der Waals surface area contributed by atoms with Gasteiger partial charge in [-0.3, -0.25) is 9.69 Å². The molecule has 166 valence electrons. The number of benzene rings is 3. The Morgan fingerprint density at radius 3 is 2.06 bits per heavy atom. The van der Waals surface area contributed by atoms with Crippen molar-refractivity contribution in [1.29, 1.82) is 0 Å². The maximum absolute atomic E-state index is 13.7. The first kappa shape index (κ1) is 23.1. The van der Waals surface area contributed by atoms with Gasteiger partial charge in [-0.05, 0) is 42.8 Å². The number of aldehydes is 1. The molecule has 0 spiro atoms. The molecule has 0 heterocycles. The van der Waals surface area contributed by atoms with E-state index in [2.05, 4.69) is 0 Å². The van der Waals surface area contributed by atoms with E-state index >= 15 is 0 Å². The second-order valence-corrected chi connectivity index (χ2v) is 7.25. The zero-order valence-electron chi connectivity index (χ0n) is 17.7. The van der Waals surface area contributed by atoms with Crippen molar-refractivity contribution in [2.45, 2.75) is 19.0 Å². The minimum atomic E-state index is -4.59. The van der Waals surface area contributed by atoms with Crippen LogP contribution in [0.1, 0.15) is 24.0 Å². The van der Waals surface area contributed by atoms with Crippen LogP contribution in [0.25, 0.3) is 0 Å². The molecule has 0 aliphatic rings. The highest BCUT2D eigenvalue weighted by Crippen LogP contribution is 2.40. The van der Waals surface area contributed by atoms with E-state index in [1.54, 1.807) is 72.6 Å². The normalized spacial score (nSPS) is 12.2. The third kappa shape index (κ3) is 4.82. The van der Waals surface area contributed by atoms with Crippen LogP contribution < -0.4 is 9.80 Å². The zero-order chi connectivity index (χ0) is 23.3. The lowest BCUT2D eigenvalue weighted by Crippen LogP contribution is -2.33. The first-order valence-corrected chi connectivity index (χ1v) is 10.1. The summed E-state index contributed by atoms with van der Waals surface area (Å²) >= 11 is 0. The fourth-order valence-corrected chi connectivity index (χ4v) is 3.41. The van der Waals surface area contributed by atoms with Gasteiger partial charge in [-0.25, -0.2) is 0 Å². The van der Waals surface area contributed by atoms with E-state index in [-0.39, 0.29) is 5.69 Å². The number of anilines is 3. The van der Waals surface area contributed by atoms with Gasteiger partial charge in [0.1, 0.15) is 12.2 Å². The summed E-state index contributed by atoms with van der Waals surface area (Å²) < 4.78 is 40.7. The van der Waals surface area contributed by atoms with Crippen LogP contribution in [0.4, 0.5) is 30.2 Å². The number of hydrogen-bond acceptors (Lipinski definition) is 3. The number of nitrogens with zero attached hydrogens (tertiary/aromatic N) is 2. The quantitative estimate of drug-likeness (QED) is 0.344. The van der Waals surface area contributed by atoms with Gasteiger partial charge < -0.3 is 9.69 Å². The van der Waals surface area contributed by atoms with Gasteiger partial charge in [-0.1, -0.05) is 48.5 Å². The molecule has 3 rings (SSSR count). The van der Waals surface area contributed by atoms with Crippen molar-refractivity contribution in [3.63, 3.8) is 0 Å². The predicted molar refractivity (Wildman–Crippen MR) is 119 cm³/mol. The van der Waals surface area contributed by atoms with Crippen molar-refractivity contribution >= 4 is 29.3 Å². The molecule has 3 aromatic rings. The average Bonchev–Trinajstić information content (AvgIpc) is 2.80. The van der Waals surface area contributed by atoms with Crippen LogP contribution in [-0.4, -0.2) is 25.8 Å². The fraction of sp³-hybridized carbons (Fsp3) is 0.200. The van der Waals surface area contributed by atoms with Crippen molar-refractivity contribution < 1.29 is 22.8 Å². The SMILES string of the molecule is CCN(C)c1ccc(C(F)(F)F)cc1N(C(=O)C(C=O)c1ccccc1)c1ccccc1. The van der Waals surface area contributed by atoms with Gasteiger partial charge in [0, 0.05) is 19.3 Å². The van der Waals surface area contributed by atoms with E-state index in [9.17, 15) is 22.8 Å². The van der Waals surface area contributed by atoms with Crippen LogP contribution in [0.2, 0.25) is 0 Å². The summed E-state index contributed by atoms with van der Waals surface area (Å²) in [5.41, 5.74) is 0.451. The van der Waals surface area contributed by atoms with Gasteiger partial charge >= 0.3 is 6.18 Å². The number of alkyl halides is 3. The highest BCUT2D eigenvalue weighted by Gasteiger charge is 2.35. The summed E-state index contributed by atoms with van der Waals surface area (Å²) in [6.07, 6.45) is -4.07. The summed E-state index contributed by atoms with van der Waals surface area (Å²) in [7, 11) is 1.73. The molecule has 0 aromatic heterocycles. The van der Waals surface area contributed by atoms with Crippen LogP contribution in [-0.2, 0) is 15.8 Å². The van der Waals surface area contributed by atoms with Crippen molar-refractivity contribution in [3.05, 3.63) is 90.0 Å². The van der Waals surface area contributed by atoms with Crippen molar-refractivity contribution in [2.24, 2.45) is 0 Å². The molecule has 1 unspecified atom stereocenters. The Hall–Kier alpha value is -3.61. The molecule has 0 saturated heterocycles. The maximum atomic E-state index is 13.7. The van der Waals surface area contributed by atoms with Gasteiger partial charge in [-0.2, -0.15) is 13.2 Å². The monoisotopic (exact) mass is 440 g/mol. The molecule has 1 atom stereocenters. The van der Waals surface area contributed by atoms with Crippen LogP contribution in [0, 0.1) is 0 Å². The molecule has 0 bridgehead atoms. The maximum Gasteiger partial charge on any atom is 0.416 e. The molecule has 0 aliphatic carbocycles. The molecular formula is C25H23F3N2O2. The number of hydrogen-bond donors (Lipinski definition) is 0. The highest BCUT2D eigenvalue weighted by molar-refractivity contribution is 6.12. The average molecular weight is 440 g/mol. The largest absolute Gasteiger partial charge is 0.416 e. The molecule has 3 aromatic carbocycles. The lowest BCUT2D eigenvalue weighted by atomic mass is 9.98. The first-order valence-electron chi connectivity index (χ1n) is 10.1. The smallest absolute Gasteiger partial charge is 0.373 e.